The summed E-state index contributed by atoms with van der Waals surface area (Å²) in [6.45, 7) is 3.68. The first-order chi connectivity index (χ1) is 10.6. The minimum absolute atomic E-state index is 0.133. The highest BCUT2D eigenvalue weighted by molar-refractivity contribution is 8.01. The van der Waals surface area contributed by atoms with Crippen LogP contribution in [-0.4, -0.2) is 83.0 Å². The predicted octanol–water partition coefficient (Wildman–Crippen LogP) is 1.07. The molecule has 5 nitrogen and oxygen atoms in total. The smallest absolute Gasteiger partial charge is 0.248 e. The Bertz CT molecular complexity index is 435. The number of ether oxygens (including phenoxy) is 1. The molecular weight excluding hydrogens is 320 g/mol. The zero-order valence-corrected chi connectivity index (χ0v) is 14.7. The molecule has 0 aromatic heterocycles. The summed E-state index contributed by atoms with van der Waals surface area (Å²) < 4.78 is 6.02. The fourth-order valence-electron chi connectivity index (χ4n) is 3.42. The number of rotatable bonds is 5. The van der Waals surface area contributed by atoms with Crippen molar-refractivity contribution in [3.05, 3.63) is 0 Å². The fourth-order valence-corrected chi connectivity index (χ4v) is 5.40. The van der Waals surface area contributed by atoms with E-state index < -0.39 is 0 Å². The van der Waals surface area contributed by atoms with Gasteiger partial charge in [0, 0.05) is 31.9 Å². The number of carbonyl (C=O) groups excluding carboxylic acids is 2. The third-order valence-electron chi connectivity index (χ3n) is 4.65. The Hall–Kier alpha value is -0.400. The Morgan fingerprint density at radius 2 is 1.95 bits per heavy atom. The Balaban J connectivity index is 1.38. The normalized spacial score (nSPS) is 26.5. The lowest BCUT2D eigenvalue weighted by Gasteiger charge is -2.47. The summed E-state index contributed by atoms with van der Waals surface area (Å²) in [5.41, 5.74) is 0. The maximum Gasteiger partial charge on any atom is 0.248 e. The summed E-state index contributed by atoms with van der Waals surface area (Å²) in [5.74, 6) is 1.89. The molecule has 7 heteroatoms. The maximum atomic E-state index is 12.0. The van der Waals surface area contributed by atoms with Crippen LogP contribution in [0.5, 0.6) is 0 Å². The van der Waals surface area contributed by atoms with Gasteiger partial charge in [0.2, 0.25) is 11.8 Å². The lowest BCUT2D eigenvalue weighted by molar-refractivity contribution is -0.137. The van der Waals surface area contributed by atoms with Gasteiger partial charge in [-0.15, -0.1) is 11.8 Å². The quantitative estimate of drug-likeness (QED) is 0.747. The number of amides is 2. The molecule has 0 aliphatic carbocycles. The van der Waals surface area contributed by atoms with Gasteiger partial charge in [0.1, 0.15) is 6.61 Å². The minimum Gasteiger partial charge on any atom is -0.367 e. The number of hydrogen-bond donors (Lipinski definition) is 0. The maximum absolute atomic E-state index is 12.0. The second kappa shape index (κ2) is 7.01. The molecule has 0 unspecified atom stereocenters. The molecule has 3 aliphatic rings. The van der Waals surface area contributed by atoms with Crippen LogP contribution in [0.15, 0.2) is 0 Å². The van der Waals surface area contributed by atoms with E-state index in [9.17, 15) is 9.59 Å². The molecule has 0 N–H and O–H groups in total. The average Bonchev–Trinajstić information content (AvgIpc) is 3.13. The lowest BCUT2D eigenvalue weighted by atomic mass is 9.93. The number of thioether (sulfide) groups is 2. The van der Waals surface area contributed by atoms with Crippen LogP contribution in [-0.2, 0) is 14.3 Å². The van der Waals surface area contributed by atoms with Crippen molar-refractivity contribution in [2.75, 3.05) is 50.5 Å². The van der Waals surface area contributed by atoms with Gasteiger partial charge in [-0.3, -0.25) is 9.59 Å². The molecule has 3 fully saturated rings. The van der Waals surface area contributed by atoms with E-state index >= 15 is 0 Å². The van der Waals surface area contributed by atoms with Gasteiger partial charge in [-0.2, -0.15) is 11.8 Å². The van der Waals surface area contributed by atoms with Crippen molar-refractivity contribution in [1.29, 1.82) is 0 Å². The number of likely N-dealkylation sites (tertiary alicyclic amines) is 2. The van der Waals surface area contributed by atoms with Gasteiger partial charge < -0.3 is 14.5 Å². The number of hydrogen-bond acceptors (Lipinski definition) is 5. The van der Waals surface area contributed by atoms with Crippen molar-refractivity contribution in [2.24, 2.45) is 0 Å². The third kappa shape index (κ3) is 3.57. The monoisotopic (exact) mass is 344 g/mol. The first kappa shape index (κ1) is 16.5. The molecule has 22 heavy (non-hydrogen) atoms. The van der Waals surface area contributed by atoms with Gasteiger partial charge in [0.05, 0.1) is 16.6 Å². The summed E-state index contributed by atoms with van der Waals surface area (Å²) in [7, 11) is 0. The zero-order valence-electron chi connectivity index (χ0n) is 13.1. The molecule has 0 aromatic carbocycles. The average molecular weight is 345 g/mol. The van der Waals surface area contributed by atoms with Crippen molar-refractivity contribution in [3.8, 4) is 0 Å². The highest BCUT2D eigenvalue weighted by atomic mass is 32.2. The van der Waals surface area contributed by atoms with Crippen LogP contribution in [0.25, 0.3) is 0 Å². The second-order valence-corrected chi connectivity index (χ2v) is 8.76. The predicted molar refractivity (Wildman–Crippen MR) is 90.3 cm³/mol. The third-order valence-corrected chi connectivity index (χ3v) is 6.77. The highest BCUT2D eigenvalue weighted by Gasteiger charge is 2.50. The fraction of sp³-hybridized carbons (Fsp3) is 0.867. The molecule has 124 valence electrons. The van der Waals surface area contributed by atoms with E-state index in [2.05, 4.69) is 0 Å². The molecule has 0 aromatic rings. The standard InChI is InChI=1S/C15H24N2O3S2/c1-21-9-14(19)17-10-15(11-17)6-12(8-22-15)20-7-13(18)16-4-2-3-5-16/h12H,2-11H2,1H3/t12-/m0/s1. The molecule has 1 atom stereocenters. The second-order valence-electron chi connectivity index (χ2n) is 6.40. The summed E-state index contributed by atoms with van der Waals surface area (Å²) in [4.78, 5) is 27.7. The molecule has 0 bridgehead atoms. The summed E-state index contributed by atoms with van der Waals surface area (Å²) >= 11 is 3.49. The first-order valence-corrected chi connectivity index (χ1v) is 10.3. The van der Waals surface area contributed by atoms with E-state index in [0.717, 1.165) is 51.2 Å². The summed E-state index contributed by atoms with van der Waals surface area (Å²) in [6, 6.07) is 0. The SMILES string of the molecule is CSCC(=O)N1CC2(C[C@H](OCC(=O)N3CCCC3)CS2)C1. The Morgan fingerprint density at radius 1 is 1.23 bits per heavy atom. The zero-order chi connectivity index (χ0) is 15.6. The Labute approximate surface area is 140 Å². The molecule has 0 radical (unpaired) electrons. The van der Waals surface area contributed by atoms with Gasteiger partial charge in [0.25, 0.3) is 0 Å². The van der Waals surface area contributed by atoms with Crippen molar-refractivity contribution in [3.63, 3.8) is 0 Å². The molecule has 3 rings (SSSR count). The van der Waals surface area contributed by atoms with Gasteiger partial charge in [-0.1, -0.05) is 0 Å². The lowest BCUT2D eigenvalue weighted by Crippen LogP contribution is -2.61. The largest absolute Gasteiger partial charge is 0.367 e. The number of carbonyl (C=O) groups is 2. The molecule has 0 saturated carbocycles. The van der Waals surface area contributed by atoms with Crippen molar-refractivity contribution >= 4 is 35.3 Å². The van der Waals surface area contributed by atoms with Gasteiger partial charge in [-0.25, -0.2) is 0 Å². The number of nitrogens with zero attached hydrogens (tertiary/aromatic N) is 2. The molecule has 3 heterocycles. The molecular formula is C15H24N2O3S2. The van der Waals surface area contributed by atoms with E-state index in [1.807, 2.05) is 27.8 Å². The van der Waals surface area contributed by atoms with E-state index in [-0.39, 0.29) is 29.3 Å². The van der Waals surface area contributed by atoms with Gasteiger partial charge in [0.15, 0.2) is 0 Å². The molecule has 3 saturated heterocycles. The van der Waals surface area contributed by atoms with Crippen LogP contribution in [0.2, 0.25) is 0 Å². The van der Waals surface area contributed by atoms with E-state index in [1.54, 1.807) is 11.8 Å². The van der Waals surface area contributed by atoms with Crippen molar-refractivity contribution < 1.29 is 14.3 Å². The van der Waals surface area contributed by atoms with Crippen LogP contribution < -0.4 is 0 Å². The van der Waals surface area contributed by atoms with Crippen LogP contribution in [0, 0.1) is 0 Å². The van der Waals surface area contributed by atoms with Crippen LogP contribution >= 0.6 is 23.5 Å². The minimum atomic E-state index is 0.133. The Morgan fingerprint density at radius 3 is 2.64 bits per heavy atom. The van der Waals surface area contributed by atoms with Crippen LogP contribution in [0.1, 0.15) is 19.3 Å². The van der Waals surface area contributed by atoms with Crippen LogP contribution in [0.3, 0.4) is 0 Å². The van der Waals surface area contributed by atoms with E-state index in [4.69, 9.17) is 4.74 Å². The molecule has 2 amide bonds. The first-order valence-electron chi connectivity index (χ1n) is 7.92. The van der Waals surface area contributed by atoms with Crippen molar-refractivity contribution in [1.82, 2.24) is 9.80 Å². The highest BCUT2D eigenvalue weighted by Crippen LogP contribution is 2.46. The van der Waals surface area contributed by atoms with Crippen LogP contribution in [0.4, 0.5) is 0 Å². The molecule has 3 aliphatic heterocycles. The van der Waals surface area contributed by atoms with E-state index in [1.165, 1.54) is 0 Å². The van der Waals surface area contributed by atoms with Gasteiger partial charge >= 0.3 is 0 Å². The van der Waals surface area contributed by atoms with E-state index in [0.29, 0.717) is 5.75 Å². The molecule has 1 spiro atoms. The topological polar surface area (TPSA) is 49.9 Å². The summed E-state index contributed by atoms with van der Waals surface area (Å²) in [6.07, 6.45) is 5.32. The van der Waals surface area contributed by atoms with Gasteiger partial charge in [-0.05, 0) is 25.5 Å². The Kier molecular flexibility index (Phi) is 5.24. The summed E-state index contributed by atoms with van der Waals surface area (Å²) in [5, 5.41) is 0. The van der Waals surface area contributed by atoms with Crippen molar-refractivity contribution in [2.45, 2.75) is 30.1 Å².